The molecule has 1 fully saturated rings. The van der Waals surface area contributed by atoms with E-state index in [1.165, 1.54) is 0 Å². The van der Waals surface area contributed by atoms with Crippen molar-refractivity contribution in [3.63, 3.8) is 0 Å². The SMILES string of the molecule is CC(O)C1CCCCN1C(=O)Cc1c[nH]c2ccccc12. The van der Waals surface area contributed by atoms with E-state index in [1.807, 2.05) is 35.4 Å². The van der Waals surface area contributed by atoms with Crippen molar-refractivity contribution in [2.45, 2.75) is 44.8 Å². The normalized spacial score (nSPS) is 20.7. The smallest absolute Gasteiger partial charge is 0.227 e. The first-order chi connectivity index (χ1) is 10.2. The Bertz CT molecular complexity index is 633. The third kappa shape index (κ3) is 2.81. The zero-order chi connectivity index (χ0) is 14.8. The van der Waals surface area contributed by atoms with Crippen LogP contribution in [-0.4, -0.2) is 39.6 Å². The number of aliphatic hydroxyl groups is 1. The van der Waals surface area contributed by atoms with Crippen molar-refractivity contribution in [2.24, 2.45) is 0 Å². The van der Waals surface area contributed by atoms with Crippen LogP contribution < -0.4 is 0 Å². The molecule has 0 aliphatic carbocycles. The van der Waals surface area contributed by atoms with Gasteiger partial charge in [0, 0.05) is 23.6 Å². The molecule has 0 bridgehead atoms. The molecule has 2 aromatic rings. The van der Waals surface area contributed by atoms with E-state index < -0.39 is 6.10 Å². The Balaban J connectivity index is 1.79. The van der Waals surface area contributed by atoms with Gasteiger partial charge >= 0.3 is 0 Å². The molecule has 1 aliphatic rings. The fourth-order valence-corrected chi connectivity index (χ4v) is 3.31. The second-order valence-electron chi connectivity index (χ2n) is 5.93. The highest BCUT2D eigenvalue weighted by atomic mass is 16.3. The molecule has 2 N–H and O–H groups in total. The summed E-state index contributed by atoms with van der Waals surface area (Å²) in [6.45, 7) is 2.54. The lowest BCUT2D eigenvalue weighted by atomic mass is 9.97. The molecule has 3 rings (SSSR count). The molecule has 2 unspecified atom stereocenters. The molecule has 21 heavy (non-hydrogen) atoms. The van der Waals surface area contributed by atoms with Crippen LogP contribution in [0, 0.1) is 0 Å². The Morgan fingerprint density at radius 2 is 2.24 bits per heavy atom. The van der Waals surface area contributed by atoms with Crippen molar-refractivity contribution >= 4 is 16.8 Å². The van der Waals surface area contributed by atoms with Gasteiger partial charge in [-0.25, -0.2) is 0 Å². The molecule has 0 saturated carbocycles. The highest BCUT2D eigenvalue weighted by molar-refractivity contribution is 5.89. The number of H-pyrrole nitrogens is 1. The maximum Gasteiger partial charge on any atom is 0.227 e. The largest absolute Gasteiger partial charge is 0.391 e. The number of hydrogen-bond donors (Lipinski definition) is 2. The summed E-state index contributed by atoms with van der Waals surface area (Å²) < 4.78 is 0. The van der Waals surface area contributed by atoms with Crippen LogP contribution in [0.5, 0.6) is 0 Å². The zero-order valence-electron chi connectivity index (χ0n) is 12.4. The maximum absolute atomic E-state index is 12.6. The standard InChI is InChI=1S/C17H22N2O2/c1-12(20)16-8-4-5-9-19(16)17(21)10-13-11-18-15-7-3-2-6-14(13)15/h2-3,6-7,11-12,16,18,20H,4-5,8-10H2,1H3. The van der Waals surface area contributed by atoms with Gasteiger partial charge in [0.2, 0.25) is 5.91 Å². The van der Waals surface area contributed by atoms with Gasteiger partial charge in [-0.05, 0) is 37.8 Å². The van der Waals surface area contributed by atoms with Gasteiger partial charge in [0.05, 0.1) is 18.6 Å². The molecule has 2 heterocycles. The summed E-state index contributed by atoms with van der Waals surface area (Å²) in [4.78, 5) is 17.7. The topological polar surface area (TPSA) is 56.3 Å². The summed E-state index contributed by atoms with van der Waals surface area (Å²) in [5.41, 5.74) is 2.09. The summed E-state index contributed by atoms with van der Waals surface area (Å²) in [6.07, 6.45) is 4.88. The second-order valence-corrected chi connectivity index (χ2v) is 5.93. The van der Waals surface area contributed by atoms with Gasteiger partial charge in [0.25, 0.3) is 0 Å². The third-order valence-corrected chi connectivity index (χ3v) is 4.44. The summed E-state index contributed by atoms with van der Waals surface area (Å²) >= 11 is 0. The quantitative estimate of drug-likeness (QED) is 0.910. The number of rotatable bonds is 3. The lowest BCUT2D eigenvalue weighted by Gasteiger charge is -2.37. The number of aliphatic hydroxyl groups excluding tert-OH is 1. The van der Waals surface area contributed by atoms with Crippen LogP contribution in [-0.2, 0) is 11.2 Å². The molecule has 2 atom stereocenters. The number of benzene rings is 1. The van der Waals surface area contributed by atoms with Crippen LogP contribution in [0.1, 0.15) is 31.7 Å². The van der Waals surface area contributed by atoms with E-state index in [9.17, 15) is 9.90 Å². The van der Waals surface area contributed by atoms with E-state index in [2.05, 4.69) is 4.98 Å². The monoisotopic (exact) mass is 286 g/mol. The molecule has 0 spiro atoms. The number of nitrogens with zero attached hydrogens (tertiary/aromatic N) is 1. The molecular formula is C17H22N2O2. The van der Waals surface area contributed by atoms with Crippen LogP contribution in [0.15, 0.2) is 30.5 Å². The number of carbonyl (C=O) groups excluding carboxylic acids is 1. The number of nitrogens with one attached hydrogen (secondary N) is 1. The molecule has 4 heteroatoms. The Labute approximate surface area is 124 Å². The molecule has 1 amide bonds. The lowest BCUT2D eigenvalue weighted by Crippen LogP contribution is -2.49. The first-order valence-electron chi connectivity index (χ1n) is 7.69. The average Bonchev–Trinajstić information content (AvgIpc) is 2.90. The lowest BCUT2D eigenvalue weighted by molar-refractivity contribution is -0.136. The van der Waals surface area contributed by atoms with E-state index in [4.69, 9.17) is 0 Å². The Morgan fingerprint density at radius 1 is 1.43 bits per heavy atom. The van der Waals surface area contributed by atoms with Gasteiger partial charge < -0.3 is 15.0 Å². The molecular weight excluding hydrogens is 264 g/mol. The number of carbonyl (C=O) groups is 1. The number of hydrogen-bond acceptors (Lipinski definition) is 2. The number of aromatic nitrogens is 1. The first-order valence-corrected chi connectivity index (χ1v) is 7.69. The predicted octanol–water partition coefficient (Wildman–Crippen LogP) is 2.47. The molecule has 112 valence electrons. The minimum absolute atomic E-state index is 0.0311. The minimum Gasteiger partial charge on any atom is -0.391 e. The summed E-state index contributed by atoms with van der Waals surface area (Å²) in [6, 6.07) is 8.00. The minimum atomic E-state index is -0.461. The van der Waals surface area contributed by atoms with Crippen molar-refractivity contribution in [1.82, 2.24) is 9.88 Å². The summed E-state index contributed by atoms with van der Waals surface area (Å²) in [5.74, 6) is 0.116. The first kappa shape index (κ1) is 14.1. The van der Waals surface area contributed by atoms with Crippen LogP contribution >= 0.6 is 0 Å². The third-order valence-electron chi connectivity index (χ3n) is 4.44. The maximum atomic E-state index is 12.6. The molecule has 1 aromatic carbocycles. The van der Waals surface area contributed by atoms with Crippen LogP contribution in [0.25, 0.3) is 10.9 Å². The van der Waals surface area contributed by atoms with Gasteiger partial charge in [-0.3, -0.25) is 4.79 Å². The number of fused-ring (bicyclic) bond motifs is 1. The van der Waals surface area contributed by atoms with Gasteiger partial charge in [-0.2, -0.15) is 0 Å². The molecule has 0 radical (unpaired) electrons. The van der Waals surface area contributed by atoms with Crippen molar-refractivity contribution in [2.75, 3.05) is 6.54 Å². The fourth-order valence-electron chi connectivity index (χ4n) is 3.31. The molecule has 1 aromatic heterocycles. The Kier molecular flexibility index (Phi) is 3.97. The van der Waals surface area contributed by atoms with Crippen molar-refractivity contribution in [3.05, 3.63) is 36.0 Å². The molecule has 1 aliphatic heterocycles. The molecule has 1 saturated heterocycles. The van der Waals surface area contributed by atoms with Gasteiger partial charge in [-0.15, -0.1) is 0 Å². The second kappa shape index (κ2) is 5.90. The van der Waals surface area contributed by atoms with Crippen molar-refractivity contribution in [1.29, 1.82) is 0 Å². The van der Waals surface area contributed by atoms with Crippen molar-refractivity contribution in [3.8, 4) is 0 Å². The van der Waals surface area contributed by atoms with E-state index in [0.717, 1.165) is 42.3 Å². The van der Waals surface area contributed by atoms with Gasteiger partial charge in [-0.1, -0.05) is 18.2 Å². The number of piperidine rings is 1. The summed E-state index contributed by atoms with van der Waals surface area (Å²) in [5, 5.41) is 11.0. The molecule has 4 nitrogen and oxygen atoms in total. The van der Waals surface area contributed by atoms with Crippen molar-refractivity contribution < 1.29 is 9.90 Å². The van der Waals surface area contributed by atoms with E-state index in [0.29, 0.717) is 6.42 Å². The number of para-hydroxylation sites is 1. The van der Waals surface area contributed by atoms with E-state index in [1.54, 1.807) is 6.92 Å². The number of amides is 1. The zero-order valence-corrected chi connectivity index (χ0v) is 12.4. The predicted molar refractivity (Wildman–Crippen MR) is 83.0 cm³/mol. The Hall–Kier alpha value is -1.81. The van der Waals surface area contributed by atoms with E-state index in [-0.39, 0.29) is 11.9 Å². The van der Waals surface area contributed by atoms with Crippen LogP contribution in [0.4, 0.5) is 0 Å². The average molecular weight is 286 g/mol. The number of likely N-dealkylation sites (tertiary alicyclic amines) is 1. The highest BCUT2D eigenvalue weighted by Crippen LogP contribution is 2.23. The van der Waals surface area contributed by atoms with E-state index >= 15 is 0 Å². The number of aromatic amines is 1. The Morgan fingerprint density at radius 3 is 3.05 bits per heavy atom. The highest BCUT2D eigenvalue weighted by Gasteiger charge is 2.29. The van der Waals surface area contributed by atoms with Gasteiger partial charge in [0.15, 0.2) is 0 Å². The van der Waals surface area contributed by atoms with Gasteiger partial charge in [0.1, 0.15) is 0 Å². The summed E-state index contributed by atoms with van der Waals surface area (Å²) in [7, 11) is 0. The van der Waals surface area contributed by atoms with Crippen LogP contribution in [0.3, 0.4) is 0 Å². The van der Waals surface area contributed by atoms with Crippen LogP contribution in [0.2, 0.25) is 0 Å². The fraction of sp³-hybridized carbons (Fsp3) is 0.471.